The zero-order valence-corrected chi connectivity index (χ0v) is 13.8. The second-order valence-corrected chi connectivity index (χ2v) is 6.26. The van der Waals surface area contributed by atoms with Crippen molar-refractivity contribution in [1.29, 1.82) is 0 Å². The molecule has 1 saturated heterocycles. The summed E-state index contributed by atoms with van der Waals surface area (Å²) in [4.78, 5) is 19.3. The van der Waals surface area contributed by atoms with Crippen molar-refractivity contribution in [3.05, 3.63) is 53.2 Å². The summed E-state index contributed by atoms with van der Waals surface area (Å²) in [5.74, 6) is 0.742. The van der Waals surface area contributed by atoms with E-state index in [1.54, 1.807) is 6.07 Å². The first-order valence-electron chi connectivity index (χ1n) is 8.23. The van der Waals surface area contributed by atoms with Crippen molar-refractivity contribution >= 4 is 17.4 Å². The van der Waals surface area contributed by atoms with E-state index in [-0.39, 0.29) is 5.91 Å². The molecule has 1 aliphatic rings. The maximum atomic E-state index is 12.5. The van der Waals surface area contributed by atoms with E-state index < -0.39 is 0 Å². The predicted octanol–water partition coefficient (Wildman–Crippen LogP) is 3.94. The topological polar surface area (TPSA) is 45.2 Å². The highest BCUT2D eigenvalue weighted by Gasteiger charge is 2.14. The Balaban J connectivity index is 1.76. The molecule has 120 valence electrons. The van der Waals surface area contributed by atoms with E-state index >= 15 is 0 Å². The lowest BCUT2D eigenvalue weighted by molar-refractivity contribution is 0.102. The van der Waals surface area contributed by atoms with Crippen LogP contribution in [0.2, 0.25) is 0 Å². The van der Waals surface area contributed by atoms with E-state index in [1.807, 2.05) is 38.1 Å². The minimum absolute atomic E-state index is 0.158. The number of anilines is 2. The maximum Gasteiger partial charge on any atom is 0.274 e. The van der Waals surface area contributed by atoms with Crippen LogP contribution in [0.3, 0.4) is 0 Å². The summed E-state index contributed by atoms with van der Waals surface area (Å²) in [5, 5.41) is 2.95. The summed E-state index contributed by atoms with van der Waals surface area (Å²) in [7, 11) is 0. The minimum Gasteiger partial charge on any atom is -0.357 e. The zero-order chi connectivity index (χ0) is 16.2. The normalized spacial score (nSPS) is 14.6. The number of nitrogens with one attached hydrogen (secondary N) is 1. The third-order valence-electron chi connectivity index (χ3n) is 4.13. The van der Waals surface area contributed by atoms with Crippen LogP contribution in [0.1, 0.15) is 40.9 Å². The first-order chi connectivity index (χ1) is 11.1. The molecule has 0 aliphatic carbocycles. The fourth-order valence-corrected chi connectivity index (χ4v) is 3.09. The van der Waals surface area contributed by atoms with Gasteiger partial charge in [-0.25, -0.2) is 4.98 Å². The van der Waals surface area contributed by atoms with Crippen molar-refractivity contribution in [3.8, 4) is 0 Å². The van der Waals surface area contributed by atoms with Crippen molar-refractivity contribution < 1.29 is 4.79 Å². The van der Waals surface area contributed by atoms with Crippen LogP contribution in [0.4, 0.5) is 11.5 Å². The number of nitrogens with zero attached hydrogens (tertiary/aromatic N) is 2. The summed E-state index contributed by atoms with van der Waals surface area (Å²) in [5.41, 5.74) is 3.55. The molecule has 4 heteroatoms. The van der Waals surface area contributed by atoms with E-state index in [0.29, 0.717) is 5.69 Å². The van der Waals surface area contributed by atoms with Gasteiger partial charge < -0.3 is 10.2 Å². The molecule has 1 fully saturated rings. The number of amides is 1. The van der Waals surface area contributed by atoms with Crippen molar-refractivity contribution in [2.24, 2.45) is 0 Å². The van der Waals surface area contributed by atoms with Gasteiger partial charge >= 0.3 is 0 Å². The SMILES string of the molecule is Cc1cc(C)cc(NC(=O)c2cccc(N3CCCCC3)n2)c1. The molecule has 1 amide bonds. The third-order valence-corrected chi connectivity index (χ3v) is 4.13. The lowest BCUT2D eigenvalue weighted by atomic mass is 10.1. The zero-order valence-electron chi connectivity index (χ0n) is 13.8. The minimum atomic E-state index is -0.158. The Labute approximate surface area is 137 Å². The molecule has 3 rings (SSSR count). The number of aryl methyl sites for hydroxylation is 2. The molecule has 0 spiro atoms. The molecular weight excluding hydrogens is 286 g/mol. The molecule has 1 aromatic heterocycles. The molecule has 0 saturated carbocycles. The van der Waals surface area contributed by atoms with Gasteiger partial charge in [0.2, 0.25) is 0 Å². The number of piperidine rings is 1. The van der Waals surface area contributed by atoms with Crippen molar-refractivity contribution in [2.45, 2.75) is 33.1 Å². The average molecular weight is 309 g/mol. The van der Waals surface area contributed by atoms with Gasteiger partial charge in [0.1, 0.15) is 11.5 Å². The summed E-state index contributed by atoms with van der Waals surface area (Å²) < 4.78 is 0. The lowest BCUT2D eigenvalue weighted by Crippen LogP contribution is -2.30. The summed E-state index contributed by atoms with van der Waals surface area (Å²) in [6, 6.07) is 11.7. The first-order valence-corrected chi connectivity index (χ1v) is 8.23. The molecule has 2 aromatic rings. The number of hydrogen-bond donors (Lipinski definition) is 1. The number of rotatable bonds is 3. The fourth-order valence-electron chi connectivity index (χ4n) is 3.09. The van der Waals surface area contributed by atoms with Crippen LogP contribution in [0.25, 0.3) is 0 Å². The van der Waals surface area contributed by atoms with Crippen LogP contribution in [-0.2, 0) is 0 Å². The smallest absolute Gasteiger partial charge is 0.274 e. The molecule has 0 atom stereocenters. The van der Waals surface area contributed by atoms with Gasteiger partial charge in [0, 0.05) is 18.8 Å². The third kappa shape index (κ3) is 3.89. The van der Waals surface area contributed by atoms with Crippen LogP contribution >= 0.6 is 0 Å². The Hall–Kier alpha value is -2.36. The van der Waals surface area contributed by atoms with Crippen LogP contribution in [0.5, 0.6) is 0 Å². The highest BCUT2D eigenvalue weighted by atomic mass is 16.1. The number of carbonyl (C=O) groups is 1. The van der Waals surface area contributed by atoms with Crippen LogP contribution in [0, 0.1) is 13.8 Å². The Kier molecular flexibility index (Phi) is 4.60. The maximum absolute atomic E-state index is 12.5. The van der Waals surface area contributed by atoms with E-state index in [0.717, 1.165) is 35.7 Å². The first kappa shape index (κ1) is 15.5. The Morgan fingerprint density at radius 2 is 1.74 bits per heavy atom. The van der Waals surface area contributed by atoms with Crippen LogP contribution in [-0.4, -0.2) is 24.0 Å². The van der Waals surface area contributed by atoms with E-state index in [4.69, 9.17) is 0 Å². The van der Waals surface area contributed by atoms with Gasteiger partial charge in [-0.05, 0) is 68.5 Å². The van der Waals surface area contributed by atoms with Gasteiger partial charge in [-0.15, -0.1) is 0 Å². The number of hydrogen-bond acceptors (Lipinski definition) is 3. The molecule has 0 unspecified atom stereocenters. The molecule has 23 heavy (non-hydrogen) atoms. The van der Waals surface area contributed by atoms with Gasteiger partial charge in [0.05, 0.1) is 0 Å². The lowest BCUT2D eigenvalue weighted by Gasteiger charge is -2.27. The summed E-state index contributed by atoms with van der Waals surface area (Å²) in [6.45, 7) is 6.10. The Morgan fingerprint density at radius 1 is 1.04 bits per heavy atom. The van der Waals surface area contributed by atoms with Gasteiger partial charge in [0.25, 0.3) is 5.91 Å². The molecule has 4 nitrogen and oxygen atoms in total. The van der Waals surface area contributed by atoms with Crippen molar-refractivity contribution in [2.75, 3.05) is 23.3 Å². The molecule has 1 N–H and O–H groups in total. The van der Waals surface area contributed by atoms with Gasteiger partial charge in [0.15, 0.2) is 0 Å². The number of benzene rings is 1. The van der Waals surface area contributed by atoms with Crippen molar-refractivity contribution in [3.63, 3.8) is 0 Å². The highest BCUT2D eigenvalue weighted by Crippen LogP contribution is 2.19. The molecule has 0 bridgehead atoms. The van der Waals surface area contributed by atoms with Crippen LogP contribution in [0.15, 0.2) is 36.4 Å². The van der Waals surface area contributed by atoms with E-state index in [9.17, 15) is 4.79 Å². The molecule has 1 aromatic carbocycles. The fraction of sp³-hybridized carbons (Fsp3) is 0.368. The molecule has 1 aliphatic heterocycles. The molecular formula is C19H23N3O. The highest BCUT2D eigenvalue weighted by molar-refractivity contribution is 6.03. The number of pyridine rings is 1. The number of aromatic nitrogens is 1. The van der Waals surface area contributed by atoms with Crippen molar-refractivity contribution in [1.82, 2.24) is 4.98 Å². The Morgan fingerprint density at radius 3 is 2.43 bits per heavy atom. The Bertz CT molecular complexity index is 685. The molecule has 2 heterocycles. The van der Waals surface area contributed by atoms with E-state index in [2.05, 4.69) is 21.3 Å². The quantitative estimate of drug-likeness (QED) is 0.934. The molecule has 0 radical (unpaired) electrons. The second-order valence-electron chi connectivity index (χ2n) is 6.26. The standard InChI is InChI=1S/C19H23N3O/c1-14-11-15(2)13-16(12-14)20-19(23)17-7-6-8-18(21-17)22-9-4-3-5-10-22/h6-8,11-13H,3-5,9-10H2,1-2H3,(H,20,23). The summed E-state index contributed by atoms with van der Waals surface area (Å²) in [6.07, 6.45) is 3.67. The largest absolute Gasteiger partial charge is 0.357 e. The van der Waals surface area contributed by atoms with E-state index in [1.165, 1.54) is 19.3 Å². The predicted molar refractivity (Wildman–Crippen MR) is 94.2 cm³/mol. The summed E-state index contributed by atoms with van der Waals surface area (Å²) >= 11 is 0. The average Bonchev–Trinajstić information content (AvgIpc) is 2.55. The van der Waals surface area contributed by atoms with Gasteiger partial charge in [-0.2, -0.15) is 0 Å². The van der Waals surface area contributed by atoms with Gasteiger partial charge in [-0.1, -0.05) is 12.1 Å². The second kappa shape index (κ2) is 6.82. The number of carbonyl (C=O) groups excluding carboxylic acids is 1. The van der Waals surface area contributed by atoms with Crippen LogP contribution < -0.4 is 10.2 Å². The monoisotopic (exact) mass is 309 g/mol. The van der Waals surface area contributed by atoms with Gasteiger partial charge in [-0.3, -0.25) is 4.79 Å².